The van der Waals surface area contributed by atoms with Gasteiger partial charge in [-0.1, -0.05) is 97.3 Å². The van der Waals surface area contributed by atoms with Gasteiger partial charge < -0.3 is 4.90 Å². The van der Waals surface area contributed by atoms with E-state index in [0.717, 1.165) is 0 Å². The van der Waals surface area contributed by atoms with Crippen molar-refractivity contribution in [1.82, 2.24) is 4.90 Å². The third kappa shape index (κ3) is 11.5. The Morgan fingerprint density at radius 2 is 0.864 bits per heavy atom. The van der Waals surface area contributed by atoms with Crippen molar-refractivity contribution >= 4 is 0 Å². The van der Waals surface area contributed by atoms with Gasteiger partial charge in [0.05, 0.1) is 0 Å². The van der Waals surface area contributed by atoms with Crippen molar-refractivity contribution in [3.63, 3.8) is 0 Å². The Bertz CT molecular complexity index is 224. The molecular formula is C21H45N. The Balaban J connectivity index is 3.76. The second-order valence-electron chi connectivity index (χ2n) is 7.78. The lowest BCUT2D eigenvalue weighted by Gasteiger charge is -2.37. The zero-order chi connectivity index (χ0) is 16.7. The van der Waals surface area contributed by atoms with Crippen molar-refractivity contribution in [3.8, 4) is 0 Å². The quantitative estimate of drug-likeness (QED) is 0.272. The number of hydrogen-bond acceptors (Lipinski definition) is 1. The van der Waals surface area contributed by atoms with Crippen LogP contribution in [0.15, 0.2) is 0 Å². The standard InChI is InChI=1S/C21H45N/c1-6-8-10-12-14-16-18-20-21(3,22(4)5)19-17-15-13-11-9-7-2/h6-20H2,1-5H3. The van der Waals surface area contributed by atoms with Gasteiger partial charge >= 0.3 is 0 Å². The zero-order valence-electron chi connectivity index (χ0n) is 16.6. The fraction of sp³-hybridized carbons (Fsp3) is 1.00. The Kier molecular flexibility index (Phi) is 14.5. The van der Waals surface area contributed by atoms with Crippen LogP contribution in [0.1, 0.15) is 117 Å². The minimum absolute atomic E-state index is 0.425. The summed E-state index contributed by atoms with van der Waals surface area (Å²) in [6, 6.07) is 0. The molecule has 0 aromatic rings. The molecule has 0 amide bonds. The van der Waals surface area contributed by atoms with Crippen LogP contribution in [0.25, 0.3) is 0 Å². The second kappa shape index (κ2) is 14.5. The molecule has 1 unspecified atom stereocenters. The molecule has 0 heterocycles. The molecule has 0 aliphatic heterocycles. The van der Waals surface area contributed by atoms with Gasteiger partial charge in [-0.2, -0.15) is 0 Å². The molecule has 1 heteroatoms. The van der Waals surface area contributed by atoms with Crippen molar-refractivity contribution in [2.45, 2.75) is 123 Å². The first kappa shape index (κ1) is 22.0. The van der Waals surface area contributed by atoms with Gasteiger partial charge in [0.1, 0.15) is 0 Å². The SMILES string of the molecule is CCCCCCCCCC(C)(CCCCCCCC)N(C)C. The van der Waals surface area contributed by atoms with Crippen LogP contribution in [-0.2, 0) is 0 Å². The fourth-order valence-electron chi connectivity index (χ4n) is 3.32. The van der Waals surface area contributed by atoms with Crippen LogP contribution in [0.3, 0.4) is 0 Å². The first-order valence-corrected chi connectivity index (χ1v) is 10.2. The van der Waals surface area contributed by atoms with Crippen LogP contribution in [-0.4, -0.2) is 24.5 Å². The van der Waals surface area contributed by atoms with Gasteiger partial charge in [-0.25, -0.2) is 0 Å². The van der Waals surface area contributed by atoms with Crippen molar-refractivity contribution in [3.05, 3.63) is 0 Å². The average molecular weight is 312 g/mol. The van der Waals surface area contributed by atoms with E-state index in [4.69, 9.17) is 0 Å². The normalized spacial score (nSPS) is 14.5. The van der Waals surface area contributed by atoms with Crippen molar-refractivity contribution < 1.29 is 0 Å². The van der Waals surface area contributed by atoms with Gasteiger partial charge in [-0.05, 0) is 33.9 Å². The minimum atomic E-state index is 0.425. The molecule has 1 atom stereocenters. The number of rotatable bonds is 16. The third-order valence-electron chi connectivity index (χ3n) is 5.47. The average Bonchev–Trinajstić information content (AvgIpc) is 2.49. The van der Waals surface area contributed by atoms with Crippen LogP contribution < -0.4 is 0 Å². The van der Waals surface area contributed by atoms with Gasteiger partial charge in [-0.3, -0.25) is 0 Å². The Hall–Kier alpha value is -0.0400. The smallest absolute Gasteiger partial charge is 0.0175 e. The van der Waals surface area contributed by atoms with Gasteiger partial charge in [0.15, 0.2) is 0 Å². The molecular weight excluding hydrogens is 266 g/mol. The molecule has 0 bridgehead atoms. The molecule has 0 aliphatic carbocycles. The highest BCUT2D eigenvalue weighted by molar-refractivity contribution is 4.82. The molecule has 22 heavy (non-hydrogen) atoms. The van der Waals surface area contributed by atoms with E-state index in [2.05, 4.69) is 39.8 Å². The Morgan fingerprint density at radius 1 is 0.545 bits per heavy atom. The van der Waals surface area contributed by atoms with E-state index in [1.165, 1.54) is 96.3 Å². The van der Waals surface area contributed by atoms with Crippen LogP contribution in [0, 0.1) is 0 Å². The first-order valence-electron chi connectivity index (χ1n) is 10.2. The van der Waals surface area contributed by atoms with Crippen molar-refractivity contribution in [1.29, 1.82) is 0 Å². The van der Waals surface area contributed by atoms with Gasteiger partial charge in [0.2, 0.25) is 0 Å². The Morgan fingerprint density at radius 3 is 1.18 bits per heavy atom. The van der Waals surface area contributed by atoms with Crippen molar-refractivity contribution in [2.24, 2.45) is 0 Å². The summed E-state index contributed by atoms with van der Waals surface area (Å²) in [6.45, 7) is 7.08. The van der Waals surface area contributed by atoms with E-state index in [-0.39, 0.29) is 0 Å². The maximum absolute atomic E-state index is 2.48. The van der Waals surface area contributed by atoms with Crippen molar-refractivity contribution in [2.75, 3.05) is 14.1 Å². The molecule has 0 aliphatic rings. The van der Waals surface area contributed by atoms with E-state index in [1.54, 1.807) is 0 Å². The molecule has 0 radical (unpaired) electrons. The molecule has 0 rings (SSSR count). The topological polar surface area (TPSA) is 3.24 Å². The molecule has 1 nitrogen and oxygen atoms in total. The van der Waals surface area contributed by atoms with Gasteiger partial charge in [0.25, 0.3) is 0 Å². The molecule has 134 valence electrons. The fourth-order valence-corrected chi connectivity index (χ4v) is 3.32. The van der Waals surface area contributed by atoms with Crippen LogP contribution in [0.2, 0.25) is 0 Å². The number of unbranched alkanes of at least 4 members (excludes halogenated alkanes) is 11. The lowest BCUT2D eigenvalue weighted by Crippen LogP contribution is -2.41. The lowest BCUT2D eigenvalue weighted by atomic mass is 9.87. The summed E-state index contributed by atoms with van der Waals surface area (Å²) in [5, 5.41) is 0. The van der Waals surface area contributed by atoms with E-state index in [9.17, 15) is 0 Å². The van der Waals surface area contributed by atoms with E-state index in [1.807, 2.05) is 0 Å². The zero-order valence-corrected chi connectivity index (χ0v) is 16.6. The van der Waals surface area contributed by atoms with Gasteiger partial charge in [0, 0.05) is 5.54 Å². The third-order valence-corrected chi connectivity index (χ3v) is 5.47. The lowest BCUT2D eigenvalue weighted by molar-refractivity contribution is 0.139. The predicted octanol–water partition coefficient (Wildman–Crippen LogP) is 7.20. The van der Waals surface area contributed by atoms with Crippen LogP contribution in [0.4, 0.5) is 0 Å². The summed E-state index contributed by atoms with van der Waals surface area (Å²) in [7, 11) is 4.55. The molecule has 0 fully saturated rings. The summed E-state index contributed by atoms with van der Waals surface area (Å²) < 4.78 is 0. The van der Waals surface area contributed by atoms with Gasteiger partial charge in [-0.15, -0.1) is 0 Å². The summed E-state index contributed by atoms with van der Waals surface area (Å²) in [5.74, 6) is 0. The van der Waals surface area contributed by atoms with E-state index >= 15 is 0 Å². The molecule has 0 aromatic heterocycles. The van der Waals surface area contributed by atoms with Crippen LogP contribution >= 0.6 is 0 Å². The predicted molar refractivity (Wildman–Crippen MR) is 103 cm³/mol. The highest BCUT2D eigenvalue weighted by atomic mass is 15.1. The van der Waals surface area contributed by atoms with E-state index in [0.29, 0.717) is 5.54 Å². The summed E-state index contributed by atoms with van der Waals surface area (Å²) in [5.41, 5.74) is 0.425. The highest BCUT2D eigenvalue weighted by Gasteiger charge is 2.25. The minimum Gasteiger partial charge on any atom is -0.304 e. The largest absolute Gasteiger partial charge is 0.304 e. The number of nitrogens with zero attached hydrogens (tertiary/aromatic N) is 1. The summed E-state index contributed by atoms with van der Waals surface area (Å²) in [4.78, 5) is 2.48. The Labute approximate surface area is 142 Å². The summed E-state index contributed by atoms with van der Waals surface area (Å²) in [6.07, 6.45) is 21.2. The molecule has 0 N–H and O–H groups in total. The molecule has 0 saturated heterocycles. The molecule has 0 saturated carbocycles. The molecule has 0 aromatic carbocycles. The maximum Gasteiger partial charge on any atom is 0.0175 e. The molecule has 0 spiro atoms. The highest BCUT2D eigenvalue weighted by Crippen LogP contribution is 2.27. The first-order chi connectivity index (χ1) is 10.6. The monoisotopic (exact) mass is 311 g/mol. The summed E-state index contributed by atoms with van der Waals surface area (Å²) >= 11 is 0. The van der Waals surface area contributed by atoms with Crippen LogP contribution in [0.5, 0.6) is 0 Å². The number of hydrogen-bond donors (Lipinski definition) is 0. The van der Waals surface area contributed by atoms with E-state index < -0.39 is 0 Å². The maximum atomic E-state index is 2.48. The second-order valence-corrected chi connectivity index (χ2v) is 7.78.